The van der Waals surface area contributed by atoms with Crippen molar-refractivity contribution >= 4 is 28.8 Å². The van der Waals surface area contributed by atoms with Crippen LogP contribution in [0.4, 0.5) is 0 Å². The number of H-pyrrole nitrogens is 2. The van der Waals surface area contributed by atoms with E-state index in [4.69, 9.17) is 0 Å². The van der Waals surface area contributed by atoms with Crippen LogP contribution in [0.1, 0.15) is 0 Å². The topological polar surface area (TPSA) is 94.7 Å². The standard InChI is InChI=1S/C9H11N5O2S/c1-14(2)5(15)3-17-9-12-7-6(8(16)13-9)10-4-11-7/h4H,3H2,1-2H3,(H2,10,11,12,13,16). The number of aromatic nitrogens is 4. The van der Waals surface area contributed by atoms with Crippen LogP contribution in [0.25, 0.3) is 11.2 Å². The third-order valence-electron chi connectivity index (χ3n) is 2.11. The fourth-order valence-electron chi connectivity index (χ4n) is 1.15. The second-order valence-electron chi connectivity index (χ2n) is 3.55. The first kappa shape index (κ1) is 11.6. The fourth-order valence-corrected chi connectivity index (χ4v) is 1.98. The minimum atomic E-state index is -0.285. The number of carbonyl (C=O) groups is 1. The molecule has 0 radical (unpaired) electrons. The molecule has 17 heavy (non-hydrogen) atoms. The molecular formula is C9H11N5O2S. The molecule has 2 aromatic rings. The lowest BCUT2D eigenvalue weighted by atomic mass is 10.6. The Labute approximate surface area is 101 Å². The van der Waals surface area contributed by atoms with Gasteiger partial charge in [0.1, 0.15) is 0 Å². The molecule has 0 atom stereocenters. The molecule has 2 N–H and O–H groups in total. The number of nitrogens with one attached hydrogen (secondary N) is 2. The molecule has 0 aliphatic rings. The van der Waals surface area contributed by atoms with Crippen molar-refractivity contribution in [1.29, 1.82) is 0 Å². The third-order valence-corrected chi connectivity index (χ3v) is 2.96. The van der Waals surface area contributed by atoms with Gasteiger partial charge in [-0.2, -0.15) is 0 Å². The van der Waals surface area contributed by atoms with E-state index in [1.54, 1.807) is 14.1 Å². The van der Waals surface area contributed by atoms with Crippen molar-refractivity contribution in [2.45, 2.75) is 5.16 Å². The maximum atomic E-state index is 11.6. The molecule has 8 heteroatoms. The van der Waals surface area contributed by atoms with Crippen LogP contribution in [-0.4, -0.2) is 50.6 Å². The second kappa shape index (κ2) is 4.58. The van der Waals surface area contributed by atoms with Crippen LogP contribution in [0, 0.1) is 0 Å². The van der Waals surface area contributed by atoms with Gasteiger partial charge in [-0.1, -0.05) is 11.8 Å². The van der Waals surface area contributed by atoms with Crippen LogP contribution >= 0.6 is 11.8 Å². The van der Waals surface area contributed by atoms with Crippen LogP contribution in [0.2, 0.25) is 0 Å². The number of aromatic amines is 2. The Morgan fingerprint density at radius 3 is 3.00 bits per heavy atom. The summed E-state index contributed by atoms with van der Waals surface area (Å²) in [6.45, 7) is 0. The molecule has 0 fully saturated rings. The van der Waals surface area contributed by atoms with Gasteiger partial charge in [-0.15, -0.1) is 0 Å². The first-order valence-corrected chi connectivity index (χ1v) is 5.83. The second-order valence-corrected chi connectivity index (χ2v) is 4.51. The van der Waals surface area contributed by atoms with Gasteiger partial charge in [-0.25, -0.2) is 9.97 Å². The van der Waals surface area contributed by atoms with Crippen LogP contribution in [0.5, 0.6) is 0 Å². The van der Waals surface area contributed by atoms with Gasteiger partial charge in [0.15, 0.2) is 16.3 Å². The van der Waals surface area contributed by atoms with E-state index in [0.717, 1.165) is 0 Å². The number of fused-ring (bicyclic) bond motifs is 1. The third kappa shape index (κ3) is 2.47. The maximum Gasteiger partial charge on any atom is 0.277 e. The number of carbonyl (C=O) groups excluding carboxylic acids is 1. The van der Waals surface area contributed by atoms with Gasteiger partial charge in [-0.05, 0) is 0 Å². The summed E-state index contributed by atoms with van der Waals surface area (Å²) < 4.78 is 0. The predicted octanol–water partition coefficient (Wildman–Crippen LogP) is -0.174. The summed E-state index contributed by atoms with van der Waals surface area (Å²) in [5.41, 5.74) is 0.411. The Kier molecular flexibility index (Phi) is 3.14. The van der Waals surface area contributed by atoms with Crippen molar-refractivity contribution < 1.29 is 4.79 Å². The van der Waals surface area contributed by atoms with E-state index in [1.807, 2.05) is 0 Å². The van der Waals surface area contributed by atoms with Gasteiger partial charge in [-0.3, -0.25) is 14.6 Å². The lowest BCUT2D eigenvalue weighted by molar-refractivity contribution is -0.125. The summed E-state index contributed by atoms with van der Waals surface area (Å²) in [5, 5.41) is 0.393. The molecule has 2 rings (SSSR count). The first-order valence-electron chi connectivity index (χ1n) is 4.84. The molecule has 90 valence electrons. The van der Waals surface area contributed by atoms with E-state index in [1.165, 1.54) is 23.0 Å². The zero-order chi connectivity index (χ0) is 12.4. The summed E-state index contributed by atoms with van der Waals surface area (Å²) in [6, 6.07) is 0. The number of imidazole rings is 1. The van der Waals surface area contributed by atoms with Crippen molar-refractivity contribution in [3.05, 3.63) is 16.7 Å². The van der Waals surface area contributed by atoms with E-state index >= 15 is 0 Å². The van der Waals surface area contributed by atoms with Crippen LogP contribution < -0.4 is 5.56 Å². The number of hydrogen-bond donors (Lipinski definition) is 2. The van der Waals surface area contributed by atoms with Crippen LogP contribution in [0.15, 0.2) is 16.3 Å². The van der Waals surface area contributed by atoms with E-state index < -0.39 is 0 Å². The van der Waals surface area contributed by atoms with Gasteiger partial charge in [0.2, 0.25) is 5.91 Å². The highest BCUT2D eigenvalue weighted by Crippen LogP contribution is 2.12. The largest absolute Gasteiger partial charge is 0.348 e. The highest BCUT2D eigenvalue weighted by atomic mass is 32.2. The molecule has 7 nitrogen and oxygen atoms in total. The predicted molar refractivity (Wildman–Crippen MR) is 63.9 cm³/mol. The Bertz CT molecular complexity index is 603. The fraction of sp³-hybridized carbons (Fsp3) is 0.333. The monoisotopic (exact) mass is 253 g/mol. The minimum absolute atomic E-state index is 0.0419. The zero-order valence-electron chi connectivity index (χ0n) is 9.35. The molecule has 0 spiro atoms. The Balaban J connectivity index is 2.19. The Morgan fingerprint density at radius 1 is 1.53 bits per heavy atom. The molecule has 0 aliphatic heterocycles. The van der Waals surface area contributed by atoms with Crippen molar-refractivity contribution in [2.24, 2.45) is 0 Å². The summed E-state index contributed by atoms with van der Waals surface area (Å²) in [6.07, 6.45) is 1.41. The minimum Gasteiger partial charge on any atom is -0.348 e. The molecule has 0 saturated carbocycles. The molecule has 0 bridgehead atoms. The number of amides is 1. The quantitative estimate of drug-likeness (QED) is 0.585. The smallest absolute Gasteiger partial charge is 0.277 e. The van der Waals surface area contributed by atoms with Gasteiger partial charge in [0.25, 0.3) is 5.56 Å². The lowest BCUT2D eigenvalue weighted by Gasteiger charge is -2.08. The van der Waals surface area contributed by atoms with Crippen molar-refractivity contribution in [3.8, 4) is 0 Å². The number of rotatable bonds is 3. The van der Waals surface area contributed by atoms with Gasteiger partial charge in [0.05, 0.1) is 12.1 Å². The highest BCUT2D eigenvalue weighted by molar-refractivity contribution is 7.99. The first-order chi connectivity index (χ1) is 8.08. The van der Waals surface area contributed by atoms with Crippen molar-refractivity contribution in [1.82, 2.24) is 24.8 Å². The summed E-state index contributed by atoms with van der Waals surface area (Å²) in [5.74, 6) is 0.186. The van der Waals surface area contributed by atoms with E-state index in [0.29, 0.717) is 16.3 Å². The SMILES string of the molecule is CN(C)C(=O)CSc1nc2nc[nH]c2c(=O)[nH]1. The molecule has 0 aliphatic carbocycles. The Morgan fingerprint density at radius 2 is 2.29 bits per heavy atom. The molecule has 2 aromatic heterocycles. The van der Waals surface area contributed by atoms with Gasteiger partial charge in [0, 0.05) is 14.1 Å². The molecular weight excluding hydrogens is 242 g/mol. The molecule has 2 heterocycles. The molecule has 0 saturated heterocycles. The molecule has 0 unspecified atom stereocenters. The number of nitrogens with zero attached hydrogens (tertiary/aromatic N) is 3. The van der Waals surface area contributed by atoms with E-state index in [-0.39, 0.29) is 17.2 Å². The van der Waals surface area contributed by atoms with Gasteiger partial charge < -0.3 is 9.88 Å². The summed E-state index contributed by atoms with van der Waals surface area (Å²) >= 11 is 1.18. The van der Waals surface area contributed by atoms with Crippen molar-refractivity contribution in [3.63, 3.8) is 0 Å². The summed E-state index contributed by atoms with van der Waals surface area (Å²) in [4.78, 5) is 37.7. The summed E-state index contributed by atoms with van der Waals surface area (Å²) in [7, 11) is 3.35. The van der Waals surface area contributed by atoms with Crippen molar-refractivity contribution in [2.75, 3.05) is 19.8 Å². The normalized spacial score (nSPS) is 10.7. The maximum absolute atomic E-state index is 11.6. The van der Waals surface area contributed by atoms with E-state index in [9.17, 15) is 9.59 Å². The lowest BCUT2D eigenvalue weighted by Crippen LogP contribution is -2.23. The van der Waals surface area contributed by atoms with Crippen LogP contribution in [-0.2, 0) is 4.79 Å². The highest BCUT2D eigenvalue weighted by Gasteiger charge is 2.09. The number of thioether (sulfide) groups is 1. The van der Waals surface area contributed by atoms with Crippen LogP contribution in [0.3, 0.4) is 0 Å². The average molecular weight is 253 g/mol. The molecule has 0 aromatic carbocycles. The number of hydrogen-bond acceptors (Lipinski definition) is 5. The zero-order valence-corrected chi connectivity index (χ0v) is 10.2. The van der Waals surface area contributed by atoms with E-state index in [2.05, 4.69) is 19.9 Å². The molecule has 1 amide bonds. The Hall–Kier alpha value is -1.83. The van der Waals surface area contributed by atoms with Gasteiger partial charge >= 0.3 is 0 Å². The average Bonchev–Trinajstić information content (AvgIpc) is 2.74.